The molecular weight excluding hydrogens is 379 g/mol. The van der Waals surface area contributed by atoms with Crippen molar-refractivity contribution >= 4 is 20.5 Å². The minimum absolute atomic E-state index is 0. The number of hydrogen-bond donors (Lipinski definition) is 1. The fourth-order valence-corrected chi connectivity index (χ4v) is 2.85. The summed E-state index contributed by atoms with van der Waals surface area (Å²) in [5.74, 6) is -0.132. The zero-order chi connectivity index (χ0) is 18.9. The molecule has 0 aromatic carbocycles. The Labute approximate surface area is 176 Å². The van der Waals surface area contributed by atoms with Crippen molar-refractivity contribution in [1.29, 1.82) is 0 Å². The summed E-state index contributed by atoms with van der Waals surface area (Å²) in [6, 6.07) is 0. The van der Waals surface area contributed by atoms with Crippen LogP contribution >= 0.6 is 0 Å². The second-order valence-electron chi connectivity index (χ2n) is 5.70. The van der Waals surface area contributed by atoms with Crippen LogP contribution in [0.1, 0.15) is 84.5 Å². The smallest absolute Gasteiger partial charge is 0.726 e. The summed E-state index contributed by atoms with van der Waals surface area (Å²) in [5, 5.41) is 0. The monoisotopic (exact) mass is 412 g/mol. The van der Waals surface area contributed by atoms with Crippen molar-refractivity contribution in [2.24, 2.45) is 0 Å². The molecule has 148 valence electrons. The van der Waals surface area contributed by atoms with Gasteiger partial charge in [0.25, 0.3) is 10.1 Å². The van der Waals surface area contributed by atoms with Gasteiger partial charge in [0.05, 0.1) is 12.4 Å². The molecule has 0 radical (unpaired) electrons. The van der Waals surface area contributed by atoms with Crippen LogP contribution in [-0.2, 0) is 24.7 Å². The molecule has 1 N–H and O–H groups in total. The van der Waals surface area contributed by atoms with E-state index in [4.69, 9.17) is 4.55 Å². The van der Waals surface area contributed by atoms with E-state index < -0.39 is 20.5 Å². The summed E-state index contributed by atoms with van der Waals surface area (Å²) in [4.78, 5) is 0. The van der Waals surface area contributed by atoms with Gasteiger partial charge in [-0.3, -0.25) is 8.74 Å². The maximum Gasteiger partial charge on any atom is 1.00 e. The van der Waals surface area contributed by atoms with Gasteiger partial charge in [-0.2, -0.15) is 8.42 Å². The zero-order valence-corrected chi connectivity index (χ0v) is 19.5. The average Bonchev–Trinajstić information content (AvgIpc) is 2.43. The van der Waals surface area contributed by atoms with Crippen molar-refractivity contribution in [3.8, 4) is 0 Å². The van der Waals surface area contributed by atoms with Gasteiger partial charge in [-0.15, -0.1) is 0 Å². The quantitative estimate of drug-likeness (QED) is 0.193. The van der Waals surface area contributed by atoms with E-state index >= 15 is 0 Å². The molecule has 0 saturated carbocycles. The molecule has 25 heavy (non-hydrogen) atoms. The second-order valence-corrected chi connectivity index (χ2v) is 8.32. The molecule has 0 unspecified atom stereocenters. The van der Waals surface area contributed by atoms with Crippen molar-refractivity contribution in [2.75, 3.05) is 12.4 Å². The first-order valence-electron chi connectivity index (χ1n) is 8.67. The standard InChI is InChI=1S/C12H26O4S.C3H8O3S.Na/c1-2-3-4-5-6-7-8-9-10-11-12-16-17(13,14)15;1-2-3-7(4,5)6;/h2-12H2,1H3,(H,13,14,15);2-3H2,1H3,(H,4,5,6);/q;;+1/p-1. The molecule has 7 nitrogen and oxygen atoms in total. The topological polar surface area (TPSA) is 121 Å². The fourth-order valence-electron chi connectivity index (χ4n) is 2.01. The summed E-state index contributed by atoms with van der Waals surface area (Å²) in [5.41, 5.74) is 0. The average molecular weight is 413 g/mol. The van der Waals surface area contributed by atoms with Crippen molar-refractivity contribution in [1.82, 2.24) is 0 Å². The van der Waals surface area contributed by atoms with Gasteiger partial charge < -0.3 is 4.55 Å². The van der Waals surface area contributed by atoms with Crippen LogP contribution in [0.2, 0.25) is 0 Å². The van der Waals surface area contributed by atoms with Crippen molar-refractivity contribution in [3.05, 3.63) is 0 Å². The van der Waals surface area contributed by atoms with Crippen LogP contribution in [0.25, 0.3) is 0 Å². The Morgan fingerprint density at radius 3 is 1.44 bits per heavy atom. The van der Waals surface area contributed by atoms with Gasteiger partial charge >= 0.3 is 29.6 Å². The predicted octanol–water partition coefficient (Wildman–Crippen LogP) is 0.672. The van der Waals surface area contributed by atoms with Crippen LogP contribution in [0.15, 0.2) is 0 Å². The SMILES string of the molecule is CCCCCCCCCCCCOS(=O)(=O)[O-].CCCS(=O)(=O)O.[Na+]. The molecule has 0 heterocycles. The Morgan fingerprint density at radius 1 is 0.760 bits per heavy atom. The first kappa shape index (κ1) is 30.5. The van der Waals surface area contributed by atoms with Crippen LogP contribution in [0.4, 0.5) is 0 Å². The molecule has 0 spiro atoms. The molecule has 0 aliphatic heterocycles. The Balaban J connectivity index is -0.000000513. The first-order valence-corrected chi connectivity index (χ1v) is 11.6. The normalized spacial score (nSPS) is 11.4. The van der Waals surface area contributed by atoms with E-state index in [1.807, 2.05) is 0 Å². The molecule has 0 saturated heterocycles. The van der Waals surface area contributed by atoms with E-state index in [9.17, 15) is 21.4 Å². The van der Waals surface area contributed by atoms with Crippen molar-refractivity contribution in [3.63, 3.8) is 0 Å². The molecule has 0 amide bonds. The van der Waals surface area contributed by atoms with Crippen LogP contribution in [-0.4, -0.2) is 38.3 Å². The molecule has 0 bridgehead atoms. The molecule has 0 fully saturated rings. The minimum Gasteiger partial charge on any atom is -0.726 e. The van der Waals surface area contributed by atoms with Gasteiger partial charge in [-0.1, -0.05) is 71.6 Å². The largest absolute Gasteiger partial charge is 1.00 e. The van der Waals surface area contributed by atoms with E-state index in [2.05, 4.69) is 11.1 Å². The van der Waals surface area contributed by atoms with E-state index in [-0.39, 0.29) is 41.9 Å². The summed E-state index contributed by atoms with van der Waals surface area (Å²) in [6.45, 7) is 3.93. The van der Waals surface area contributed by atoms with E-state index in [0.717, 1.165) is 12.8 Å². The van der Waals surface area contributed by atoms with E-state index in [0.29, 0.717) is 12.8 Å². The first-order chi connectivity index (χ1) is 11.1. The van der Waals surface area contributed by atoms with Crippen LogP contribution < -0.4 is 29.6 Å². The second kappa shape index (κ2) is 19.5. The molecule has 0 aromatic rings. The Kier molecular flexibility index (Phi) is 23.8. The summed E-state index contributed by atoms with van der Waals surface area (Å²) < 4.78 is 62.0. The predicted molar refractivity (Wildman–Crippen MR) is 94.2 cm³/mol. The van der Waals surface area contributed by atoms with Gasteiger partial charge in [0.1, 0.15) is 0 Å². The Hall–Kier alpha value is 0.780. The Bertz CT molecular complexity index is 464. The maximum atomic E-state index is 10.1. The van der Waals surface area contributed by atoms with Crippen LogP contribution in [0, 0.1) is 0 Å². The number of hydrogen-bond acceptors (Lipinski definition) is 6. The van der Waals surface area contributed by atoms with Gasteiger partial charge in [0.2, 0.25) is 10.4 Å². The van der Waals surface area contributed by atoms with Gasteiger partial charge in [-0.25, -0.2) is 8.42 Å². The van der Waals surface area contributed by atoms with Crippen molar-refractivity contribution in [2.45, 2.75) is 84.5 Å². The summed E-state index contributed by atoms with van der Waals surface area (Å²) in [6.07, 6.45) is 12.2. The third kappa shape index (κ3) is 36.5. The molecule has 0 rings (SSSR count). The van der Waals surface area contributed by atoms with Gasteiger partial charge in [-0.05, 0) is 12.8 Å². The Morgan fingerprint density at radius 2 is 1.16 bits per heavy atom. The minimum atomic E-state index is -4.48. The van der Waals surface area contributed by atoms with Gasteiger partial charge in [0, 0.05) is 0 Å². The zero-order valence-electron chi connectivity index (χ0n) is 15.9. The van der Waals surface area contributed by atoms with Crippen LogP contribution in [0.5, 0.6) is 0 Å². The molecule has 0 atom stereocenters. The molecular formula is C15H33NaO7S2. The van der Waals surface area contributed by atoms with Crippen molar-refractivity contribution < 1.29 is 59.7 Å². The molecule has 0 aliphatic rings. The number of unbranched alkanes of at least 4 members (excludes halogenated alkanes) is 9. The third-order valence-corrected chi connectivity index (χ3v) is 4.57. The van der Waals surface area contributed by atoms with Crippen LogP contribution in [0.3, 0.4) is 0 Å². The molecule has 0 aromatic heterocycles. The third-order valence-electron chi connectivity index (χ3n) is 3.19. The van der Waals surface area contributed by atoms with E-state index in [1.54, 1.807) is 6.92 Å². The van der Waals surface area contributed by atoms with Gasteiger partial charge in [0.15, 0.2) is 0 Å². The van der Waals surface area contributed by atoms with E-state index in [1.165, 1.54) is 44.9 Å². The maximum absolute atomic E-state index is 10.1. The summed E-state index contributed by atoms with van der Waals surface area (Å²) in [7, 11) is -8.16. The molecule has 0 aliphatic carbocycles. The molecule has 10 heteroatoms. The number of rotatable bonds is 14. The fraction of sp³-hybridized carbons (Fsp3) is 1.00. The summed E-state index contributed by atoms with van der Waals surface area (Å²) >= 11 is 0.